The number of hydrogen-bond acceptors (Lipinski definition) is 8. The third kappa shape index (κ3) is 5.50. The number of methoxy groups -OCH3 is 1. The van der Waals surface area contributed by atoms with Crippen molar-refractivity contribution < 1.29 is 31.5 Å². The summed E-state index contributed by atoms with van der Waals surface area (Å²) in [6, 6.07) is 18.6. The molecule has 0 saturated carbocycles. The van der Waals surface area contributed by atoms with Gasteiger partial charge in [-0.1, -0.05) is 60.7 Å². The molecule has 1 N–H and O–H groups in total. The van der Waals surface area contributed by atoms with Crippen LogP contribution in [0.4, 0.5) is 0 Å². The summed E-state index contributed by atoms with van der Waals surface area (Å²) < 4.78 is 53.4. The van der Waals surface area contributed by atoms with Crippen molar-refractivity contribution in [2.24, 2.45) is 0 Å². The molecular formula is C22H27NO7S. The Morgan fingerprint density at radius 2 is 1.71 bits per heavy atom. The Balaban J connectivity index is 1.59. The lowest BCUT2D eigenvalue weighted by molar-refractivity contribution is -0.338. The highest BCUT2D eigenvalue weighted by Gasteiger charge is 2.52. The van der Waals surface area contributed by atoms with Crippen LogP contribution in [0.1, 0.15) is 17.4 Å². The van der Waals surface area contributed by atoms with Crippen LogP contribution in [-0.4, -0.2) is 59.0 Å². The van der Waals surface area contributed by atoms with Crippen LogP contribution < -0.4 is 5.32 Å². The summed E-state index contributed by atoms with van der Waals surface area (Å²) in [5, 5.41) is 3.34. The number of benzene rings is 2. The van der Waals surface area contributed by atoms with Crippen LogP contribution in [0.25, 0.3) is 0 Å². The van der Waals surface area contributed by atoms with Crippen LogP contribution in [0.15, 0.2) is 60.7 Å². The van der Waals surface area contributed by atoms with E-state index in [1.54, 1.807) is 0 Å². The van der Waals surface area contributed by atoms with E-state index in [2.05, 4.69) is 5.32 Å². The Morgan fingerprint density at radius 1 is 1.03 bits per heavy atom. The maximum atomic E-state index is 12.1. The van der Waals surface area contributed by atoms with Gasteiger partial charge in [0.15, 0.2) is 12.6 Å². The molecule has 0 spiro atoms. The maximum Gasteiger partial charge on any atom is 0.264 e. The van der Waals surface area contributed by atoms with Crippen molar-refractivity contribution in [3.8, 4) is 0 Å². The predicted molar refractivity (Wildman–Crippen MR) is 112 cm³/mol. The average molecular weight is 450 g/mol. The normalized spacial score (nSPS) is 31.2. The second kappa shape index (κ2) is 9.74. The number of ether oxygens (including phenoxy) is 4. The first-order valence-corrected chi connectivity index (χ1v) is 11.9. The molecule has 2 saturated heterocycles. The molecule has 31 heavy (non-hydrogen) atoms. The summed E-state index contributed by atoms with van der Waals surface area (Å²) in [4.78, 5) is 0. The van der Waals surface area contributed by atoms with Gasteiger partial charge in [-0.2, -0.15) is 8.42 Å². The minimum Gasteiger partial charge on any atom is -0.354 e. The zero-order valence-electron chi connectivity index (χ0n) is 17.4. The fourth-order valence-electron chi connectivity index (χ4n) is 3.92. The smallest absolute Gasteiger partial charge is 0.264 e. The van der Waals surface area contributed by atoms with Gasteiger partial charge in [0, 0.05) is 19.2 Å². The van der Waals surface area contributed by atoms with Gasteiger partial charge in [0.2, 0.25) is 0 Å². The van der Waals surface area contributed by atoms with Gasteiger partial charge in [0.05, 0.1) is 18.9 Å². The van der Waals surface area contributed by atoms with Crippen molar-refractivity contribution >= 4 is 10.1 Å². The van der Waals surface area contributed by atoms with Gasteiger partial charge in [-0.25, -0.2) is 0 Å². The van der Waals surface area contributed by atoms with Gasteiger partial charge in [-0.3, -0.25) is 4.18 Å². The Morgan fingerprint density at radius 3 is 2.35 bits per heavy atom. The Hall–Kier alpha value is -1.85. The summed E-state index contributed by atoms with van der Waals surface area (Å²) in [5.41, 5.74) is 1.87. The van der Waals surface area contributed by atoms with E-state index in [-0.39, 0.29) is 6.61 Å². The van der Waals surface area contributed by atoms with Gasteiger partial charge in [-0.15, -0.1) is 0 Å². The van der Waals surface area contributed by atoms with E-state index in [9.17, 15) is 8.42 Å². The van der Waals surface area contributed by atoms with E-state index < -0.39 is 47.1 Å². The van der Waals surface area contributed by atoms with E-state index in [0.29, 0.717) is 6.54 Å². The molecule has 2 fully saturated rings. The molecule has 0 amide bonds. The molecular weight excluding hydrogens is 422 g/mol. The average Bonchev–Trinajstić information content (AvgIpc) is 2.78. The Kier molecular flexibility index (Phi) is 7.02. The van der Waals surface area contributed by atoms with Gasteiger partial charge >= 0.3 is 0 Å². The van der Waals surface area contributed by atoms with E-state index in [4.69, 9.17) is 23.1 Å². The lowest BCUT2D eigenvalue weighted by Gasteiger charge is -2.48. The van der Waals surface area contributed by atoms with Crippen molar-refractivity contribution in [3.05, 3.63) is 71.8 Å². The van der Waals surface area contributed by atoms with Gasteiger partial charge < -0.3 is 24.3 Å². The summed E-state index contributed by atoms with van der Waals surface area (Å²) >= 11 is 0. The van der Waals surface area contributed by atoms with E-state index in [1.807, 2.05) is 60.7 Å². The Bertz CT molecular complexity index is 935. The fourth-order valence-corrected chi connectivity index (χ4v) is 4.55. The molecule has 0 radical (unpaired) electrons. The minimum atomic E-state index is -3.78. The van der Waals surface area contributed by atoms with Crippen LogP contribution in [0.3, 0.4) is 0 Å². The summed E-state index contributed by atoms with van der Waals surface area (Å²) in [5.74, 6) is 0. The molecule has 0 aliphatic carbocycles. The molecule has 2 aromatic carbocycles. The van der Waals surface area contributed by atoms with Gasteiger partial charge in [0.25, 0.3) is 10.1 Å². The zero-order valence-corrected chi connectivity index (χ0v) is 18.2. The quantitative estimate of drug-likeness (QED) is 0.642. The highest BCUT2D eigenvalue weighted by Crippen LogP contribution is 2.36. The molecule has 2 aliphatic heterocycles. The van der Waals surface area contributed by atoms with Gasteiger partial charge in [-0.05, 0) is 5.56 Å². The van der Waals surface area contributed by atoms with Crippen molar-refractivity contribution in [3.63, 3.8) is 0 Å². The van der Waals surface area contributed by atoms with Crippen molar-refractivity contribution in [2.75, 3.05) is 20.0 Å². The first kappa shape index (κ1) is 22.3. The maximum absolute atomic E-state index is 12.1. The second-order valence-electron chi connectivity index (χ2n) is 7.61. The number of rotatable bonds is 7. The van der Waals surface area contributed by atoms with E-state index >= 15 is 0 Å². The standard InChI is InChI=1S/C22H27NO7S/c1-26-22-18(23-13-15-9-5-3-6-10-15)20(30-31(2,24)25)19-17(28-22)14-27-21(29-19)16-11-7-4-8-12-16/h3-12,17-23H,13-14H2,1-2H3/t17-,18-,19-,20-,21-,22+/m0/s1. The molecule has 8 nitrogen and oxygen atoms in total. The molecule has 2 heterocycles. The summed E-state index contributed by atoms with van der Waals surface area (Å²) in [6.45, 7) is 0.702. The monoisotopic (exact) mass is 449 g/mol. The van der Waals surface area contributed by atoms with Crippen molar-refractivity contribution in [1.29, 1.82) is 0 Å². The van der Waals surface area contributed by atoms with E-state index in [0.717, 1.165) is 17.4 Å². The molecule has 0 unspecified atom stereocenters. The van der Waals surface area contributed by atoms with Crippen LogP contribution in [0.2, 0.25) is 0 Å². The molecule has 9 heteroatoms. The largest absolute Gasteiger partial charge is 0.354 e. The number of fused-ring (bicyclic) bond motifs is 1. The van der Waals surface area contributed by atoms with Crippen LogP contribution >= 0.6 is 0 Å². The first-order valence-electron chi connectivity index (χ1n) is 10.1. The highest BCUT2D eigenvalue weighted by atomic mass is 32.2. The van der Waals surface area contributed by atoms with Gasteiger partial charge in [0.1, 0.15) is 18.3 Å². The second-order valence-corrected chi connectivity index (χ2v) is 9.21. The van der Waals surface area contributed by atoms with Crippen LogP contribution in [0, 0.1) is 0 Å². The predicted octanol–water partition coefficient (Wildman–Crippen LogP) is 1.98. The number of nitrogens with one attached hydrogen (secondary N) is 1. The molecule has 2 aliphatic rings. The third-order valence-electron chi connectivity index (χ3n) is 5.31. The molecule has 4 rings (SSSR count). The lowest BCUT2D eigenvalue weighted by Crippen LogP contribution is -2.66. The SMILES string of the molecule is CO[C@@H]1O[C@H]2CO[C@H](c3ccccc3)O[C@@H]2[C@@H](OS(C)(=O)=O)[C@@H]1NCc1ccccc1. The highest BCUT2D eigenvalue weighted by molar-refractivity contribution is 7.86. The number of hydrogen-bond donors (Lipinski definition) is 1. The third-order valence-corrected chi connectivity index (χ3v) is 5.89. The van der Waals surface area contributed by atoms with Crippen molar-refractivity contribution in [2.45, 2.75) is 43.5 Å². The van der Waals surface area contributed by atoms with Crippen LogP contribution in [-0.2, 0) is 39.8 Å². The summed E-state index contributed by atoms with van der Waals surface area (Å²) in [6.07, 6.45) is -2.43. The summed E-state index contributed by atoms with van der Waals surface area (Å²) in [7, 11) is -2.26. The van der Waals surface area contributed by atoms with Crippen molar-refractivity contribution in [1.82, 2.24) is 5.32 Å². The molecule has 168 valence electrons. The first-order chi connectivity index (χ1) is 14.9. The van der Waals surface area contributed by atoms with Crippen LogP contribution in [0.5, 0.6) is 0 Å². The molecule has 0 aromatic heterocycles. The minimum absolute atomic E-state index is 0.221. The molecule has 6 atom stereocenters. The zero-order chi connectivity index (χ0) is 21.8. The lowest BCUT2D eigenvalue weighted by atomic mass is 9.95. The topological polar surface area (TPSA) is 92.3 Å². The van der Waals surface area contributed by atoms with E-state index in [1.165, 1.54) is 7.11 Å². The molecule has 2 aromatic rings. The Labute approximate surface area is 182 Å². The molecule has 0 bridgehead atoms. The fraction of sp³-hybridized carbons (Fsp3) is 0.455.